The molecule has 7 nitrogen and oxygen atoms in total. The number of esters is 1. The number of carbonyl (C=O) groups excluding carboxylic acids is 1. The molecule has 0 N–H and O–H groups in total. The predicted molar refractivity (Wildman–Crippen MR) is 125 cm³/mol. The van der Waals surface area contributed by atoms with Crippen molar-refractivity contribution in [3.63, 3.8) is 0 Å². The van der Waals surface area contributed by atoms with Gasteiger partial charge in [-0.3, -0.25) is 9.69 Å². The molecule has 2 heterocycles. The van der Waals surface area contributed by atoms with Crippen molar-refractivity contribution in [2.45, 2.75) is 39.3 Å². The van der Waals surface area contributed by atoms with E-state index >= 15 is 0 Å². The molecule has 3 aromatic rings. The fourth-order valence-corrected chi connectivity index (χ4v) is 4.62. The van der Waals surface area contributed by atoms with E-state index in [1.54, 1.807) is 20.3 Å². The summed E-state index contributed by atoms with van der Waals surface area (Å²) in [6.07, 6.45) is 0.974. The summed E-state index contributed by atoms with van der Waals surface area (Å²) in [5.74, 6) is 0.987. The van der Waals surface area contributed by atoms with Gasteiger partial charge in [-0.1, -0.05) is 12.1 Å². The third-order valence-corrected chi connectivity index (χ3v) is 6.59. The molecule has 0 saturated carbocycles. The smallest absolute Gasteiger partial charge is 0.336 e. The van der Waals surface area contributed by atoms with Crippen molar-refractivity contribution in [2.75, 3.05) is 27.9 Å². The van der Waals surface area contributed by atoms with Crippen LogP contribution in [0.4, 0.5) is 0 Å². The van der Waals surface area contributed by atoms with E-state index in [4.69, 9.17) is 18.6 Å². The molecule has 33 heavy (non-hydrogen) atoms. The molecule has 2 aromatic carbocycles. The van der Waals surface area contributed by atoms with Crippen LogP contribution in [0.2, 0.25) is 0 Å². The third-order valence-electron chi connectivity index (χ3n) is 6.59. The number of rotatable bonds is 6. The van der Waals surface area contributed by atoms with Gasteiger partial charge in [0.25, 0.3) is 0 Å². The van der Waals surface area contributed by atoms with Crippen molar-refractivity contribution in [3.05, 3.63) is 68.6 Å². The second-order valence-corrected chi connectivity index (χ2v) is 8.40. The average molecular weight is 452 g/mol. The maximum atomic E-state index is 12.4. The van der Waals surface area contributed by atoms with Crippen LogP contribution in [0.3, 0.4) is 0 Å². The van der Waals surface area contributed by atoms with Crippen LogP contribution in [0.1, 0.15) is 40.3 Å². The number of benzene rings is 2. The number of ether oxygens (including phenoxy) is 3. The number of aryl methyl sites for hydroxylation is 2. The fourth-order valence-electron chi connectivity index (χ4n) is 4.62. The van der Waals surface area contributed by atoms with Gasteiger partial charge in [-0.2, -0.15) is 0 Å². The van der Waals surface area contributed by atoms with Gasteiger partial charge >= 0.3 is 11.6 Å². The van der Waals surface area contributed by atoms with Gasteiger partial charge in [-0.05, 0) is 60.2 Å². The van der Waals surface area contributed by atoms with Crippen LogP contribution in [0.25, 0.3) is 11.0 Å². The lowest BCUT2D eigenvalue weighted by molar-refractivity contribution is -0.142. The maximum Gasteiger partial charge on any atom is 0.336 e. The van der Waals surface area contributed by atoms with Gasteiger partial charge in [-0.25, -0.2) is 4.79 Å². The molecule has 7 heteroatoms. The highest BCUT2D eigenvalue weighted by Crippen LogP contribution is 2.40. The van der Waals surface area contributed by atoms with E-state index in [1.165, 1.54) is 7.11 Å². The van der Waals surface area contributed by atoms with Crippen LogP contribution in [-0.4, -0.2) is 38.7 Å². The van der Waals surface area contributed by atoms with Crippen molar-refractivity contribution in [1.82, 2.24) is 4.90 Å². The fraction of sp³-hybridized carbons (Fsp3) is 0.385. The molecule has 1 unspecified atom stereocenters. The molecule has 0 spiro atoms. The van der Waals surface area contributed by atoms with Gasteiger partial charge in [0.15, 0.2) is 11.5 Å². The lowest BCUT2D eigenvalue weighted by Gasteiger charge is -2.37. The number of nitrogens with zero attached hydrogens (tertiary/aromatic N) is 1. The molecule has 174 valence electrons. The van der Waals surface area contributed by atoms with E-state index in [0.29, 0.717) is 23.6 Å². The molecule has 0 saturated heterocycles. The van der Waals surface area contributed by atoms with Gasteiger partial charge in [0.05, 0.1) is 27.8 Å². The standard InChI is InChI=1S/C26H29NO6/c1-15-6-7-19-18(11-25(29)33-26(19)16(15)2)14-27-9-8-17-10-22(30-3)23(31-4)12-20(17)21(27)13-24(28)32-5/h6-7,10-12,21H,8-9,13-14H2,1-5H3. The quantitative estimate of drug-likeness (QED) is 0.413. The van der Waals surface area contributed by atoms with Crippen LogP contribution >= 0.6 is 0 Å². The lowest BCUT2D eigenvalue weighted by atomic mass is 9.89. The Morgan fingerprint density at radius 2 is 1.82 bits per heavy atom. The Morgan fingerprint density at radius 3 is 2.52 bits per heavy atom. The zero-order valence-electron chi connectivity index (χ0n) is 19.7. The van der Waals surface area contributed by atoms with Crippen molar-refractivity contribution in [1.29, 1.82) is 0 Å². The van der Waals surface area contributed by atoms with Gasteiger partial charge in [0, 0.05) is 30.6 Å². The third kappa shape index (κ3) is 4.33. The minimum absolute atomic E-state index is 0.191. The van der Waals surface area contributed by atoms with Crippen molar-refractivity contribution in [2.24, 2.45) is 0 Å². The molecule has 0 fully saturated rings. The normalized spacial score (nSPS) is 15.8. The van der Waals surface area contributed by atoms with E-state index in [1.807, 2.05) is 38.1 Å². The Balaban J connectivity index is 1.79. The molecule has 0 bridgehead atoms. The van der Waals surface area contributed by atoms with Crippen molar-refractivity contribution in [3.8, 4) is 11.5 Å². The number of fused-ring (bicyclic) bond motifs is 2. The molecule has 1 aliphatic rings. The number of hydrogen-bond donors (Lipinski definition) is 0. The molecule has 4 rings (SSSR count). The predicted octanol–water partition coefficient (Wildman–Crippen LogP) is 4.09. The van der Waals surface area contributed by atoms with E-state index in [-0.39, 0.29) is 24.1 Å². The first kappa shape index (κ1) is 22.9. The summed E-state index contributed by atoms with van der Waals surface area (Å²) in [6, 6.07) is 9.28. The zero-order chi connectivity index (χ0) is 23.7. The first-order valence-corrected chi connectivity index (χ1v) is 10.9. The van der Waals surface area contributed by atoms with E-state index in [2.05, 4.69) is 4.90 Å². The highest BCUT2D eigenvalue weighted by Gasteiger charge is 2.31. The minimum atomic E-state index is -0.375. The van der Waals surface area contributed by atoms with Crippen LogP contribution < -0.4 is 15.1 Å². The summed E-state index contributed by atoms with van der Waals surface area (Å²) in [7, 11) is 4.60. The summed E-state index contributed by atoms with van der Waals surface area (Å²) < 4.78 is 21.5. The van der Waals surface area contributed by atoms with Gasteiger partial charge in [0.2, 0.25) is 0 Å². The van der Waals surface area contributed by atoms with Crippen LogP contribution in [0, 0.1) is 13.8 Å². The number of carbonyl (C=O) groups is 1. The van der Waals surface area contributed by atoms with E-state index in [0.717, 1.165) is 46.2 Å². The molecular weight excluding hydrogens is 422 g/mol. The van der Waals surface area contributed by atoms with Crippen LogP contribution in [-0.2, 0) is 22.5 Å². The summed E-state index contributed by atoms with van der Waals surface area (Å²) in [5, 5.41) is 0.910. The second kappa shape index (κ2) is 9.27. The Bertz CT molecular complexity index is 1260. The minimum Gasteiger partial charge on any atom is -0.493 e. The first-order valence-electron chi connectivity index (χ1n) is 10.9. The zero-order valence-corrected chi connectivity index (χ0v) is 19.7. The number of hydrogen-bond acceptors (Lipinski definition) is 7. The van der Waals surface area contributed by atoms with Gasteiger partial charge in [-0.15, -0.1) is 0 Å². The van der Waals surface area contributed by atoms with Crippen LogP contribution in [0.5, 0.6) is 11.5 Å². The summed E-state index contributed by atoms with van der Waals surface area (Å²) in [4.78, 5) is 26.9. The molecule has 1 aliphatic heterocycles. The molecule has 1 aromatic heterocycles. The molecular formula is C26H29NO6. The van der Waals surface area contributed by atoms with Crippen molar-refractivity contribution >= 4 is 16.9 Å². The Morgan fingerprint density at radius 1 is 1.09 bits per heavy atom. The molecule has 1 atom stereocenters. The second-order valence-electron chi connectivity index (χ2n) is 8.40. The molecule has 0 aliphatic carbocycles. The van der Waals surface area contributed by atoms with E-state index < -0.39 is 0 Å². The topological polar surface area (TPSA) is 78.2 Å². The highest BCUT2D eigenvalue weighted by atomic mass is 16.5. The highest BCUT2D eigenvalue weighted by molar-refractivity contribution is 5.84. The largest absolute Gasteiger partial charge is 0.493 e. The summed E-state index contributed by atoms with van der Waals surface area (Å²) >= 11 is 0. The number of methoxy groups -OCH3 is 3. The Kier molecular flexibility index (Phi) is 6.42. The molecule has 0 amide bonds. The monoisotopic (exact) mass is 451 g/mol. The van der Waals surface area contributed by atoms with E-state index in [9.17, 15) is 9.59 Å². The van der Waals surface area contributed by atoms with Crippen LogP contribution in [0.15, 0.2) is 39.5 Å². The van der Waals surface area contributed by atoms with Gasteiger partial charge in [0.1, 0.15) is 5.58 Å². The molecule has 0 radical (unpaired) electrons. The van der Waals surface area contributed by atoms with Gasteiger partial charge < -0.3 is 18.6 Å². The lowest BCUT2D eigenvalue weighted by Crippen LogP contribution is -2.36. The first-order chi connectivity index (χ1) is 15.9. The van der Waals surface area contributed by atoms with Crippen molar-refractivity contribution < 1.29 is 23.4 Å². The SMILES string of the molecule is COC(=O)CC1c2cc(OC)c(OC)cc2CCN1Cc1cc(=O)oc2c(C)c(C)ccc12. The Hall–Kier alpha value is -3.32. The summed E-state index contributed by atoms with van der Waals surface area (Å²) in [5.41, 5.74) is 5.26. The average Bonchev–Trinajstić information content (AvgIpc) is 2.82. The maximum absolute atomic E-state index is 12.4. The Labute approximate surface area is 192 Å². The summed E-state index contributed by atoms with van der Waals surface area (Å²) in [6.45, 7) is 5.18.